The molecule has 0 spiro atoms. The maximum Gasteiger partial charge on any atom is 0.338 e. The van der Waals surface area contributed by atoms with Crippen molar-refractivity contribution in [2.45, 2.75) is 33.6 Å². The SMILES string of the molecule is CCOC(=O)c1cc(C(=O)OCC)cc(C(C)C)c1. The molecule has 1 aromatic rings. The van der Waals surface area contributed by atoms with Crippen molar-refractivity contribution < 1.29 is 19.1 Å². The first kappa shape index (κ1) is 15.2. The predicted molar refractivity (Wildman–Crippen MR) is 72.4 cm³/mol. The summed E-state index contributed by atoms with van der Waals surface area (Å²) in [5.74, 6) is -0.631. The lowest BCUT2D eigenvalue weighted by Crippen LogP contribution is -2.10. The van der Waals surface area contributed by atoms with Crippen molar-refractivity contribution in [2.24, 2.45) is 0 Å². The first-order valence-corrected chi connectivity index (χ1v) is 6.48. The molecule has 104 valence electrons. The first-order chi connectivity index (χ1) is 8.99. The van der Waals surface area contributed by atoms with Gasteiger partial charge in [0.25, 0.3) is 0 Å². The average Bonchev–Trinajstić information content (AvgIpc) is 2.38. The summed E-state index contributed by atoms with van der Waals surface area (Å²) >= 11 is 0. The van der Waals surface area contributed by atoms with Crippen molar-refractivity contribution in [1.29, 1.82) is 0 Å². The van der Waals surface area contributed by atoms with Gasteiger partial charge < -0.3 is 9.47 Å². The van der Waals surface area contributed by atoms with E-state index < -0.39 is 11.9 Å². The molecule has 0 saturated heterocycles. The second-order valence-electron chi connectivity index (χ2n) is 4.44. The number of ether oxygens (including phenoxy) is 2. The van der Waals surface area contributed by atoms with Crippen LogP contribution in [-0.2, 0) is 9.47 Å². The van der Waals surface area contributed by atoms with Crippen LogP contribution in [0.5, 0.6) is 0 Å². The third-order valence-electron chi connectivity index (χ3n) is 2.64. The Bertz CT molecular complexity index is 427. The Morgan fingerprint density at radius 2 is 1.37 bits per heavy atom. The molecular weight excluding hydrogens is 244 g/mol. The van der Waals surface area contributed by atoms with Gasteiger partial charge in [-0.05, 0) is 43.5 Å². The van der Waals surface area contributed by atoms with Crippen LogP contribution in [0.15, 0.2) is 18.2 Å². The highest BCUT2D eigenvalue weighted by Crippen LogP contribution is 2.20. The predicted octanol–water partition coefficient (Wildman–Crippen LogP) is 3.16. The third-order valence-corrected chi connectivity index (χ3v) is 2.64. The number of carbonyl (C=O) groups is 2. The normalized spacial score (nSPS) is 10.4. The lowest BCUT2D eigenvalue weighted by Gasteiger charge is -2.11. The quantitative estimate of drug-likeness (QED) is 0.766. The van der Waals surface area contributed by atoms with Gasteiger partial charge in [-0.2, -0.15) is 0 Å². The molecule has 19 heavy (non-hydrogen) atoms. The summed E-state index contributed by atoms with van der Waals surface area (Å²) in [6.07, 6.45) is 0. The largest absolute Gasteiger partial charge is 0.462 e. The highest BCUT2D eigenvalue weighted by molar-refractivity contribution is 5.95. The van der Waals surface area contributed by atoms with Crippen LogP contribution in [0.3, 0.4) is 0 Å². The van der Waals surface area contributed by atoms with E-state index in [1.807, 2.05) is 13.8 Å². The molecule has 0 radical (unpaired) electrons. The Labute approximate surface area is 113 Å². The molecule has 0 N–H and O–H groups in total. The van der Waals surface area contributed by atoms with Gasteiger partial charge in [-0.1, -0.05) is 13.8 Å². The maximum absolute atomic E-state index is 11.8. The Hall–Kier alpha value is -1.84. The van der Waals surface area contributed by atoms with E-state index in [4.69, 9.17) is 9.47 Å². The Morgan fingerprint density at radius 3 is 1.68 bits per heavy atom. The highest BCUT2D eigenvalue weighted by Gasteiger charge is 2.15. The van der Waals surface area contributed by atoms with Gasteiger partial charge in [0.2, 0.25) is 0 Å². The fourth-order valence-corrected chi connectivity index (χ4v) is 1.65. The van der Waals surface area contributed by atoms with Crippen molar-refractivity contribution in [3.8, 4) is 0 Å². The van der Waals surface area contributed by atoms with Crippen LogP contribution in [0.4, 0.5) is 0 Å². The number of esters is 2. The summed E-state index contributed by atoms with van der Waals surface area (Å²) in [6, 6.07) is 5.03. The van der Waals surface area contributed by atoms with E-state index in [-0.39, 0.29) is 5.92 Å². The van der Waals surface area contributed by atoms with E-state index in [2.05, 4.69) is 0 Å². The summed E-state index contributed by atoms with van der Waals surface area (Å²) < 4.78 is 9.93. The van der Waals surface area contributed by atoms with Crippen LogP contribution < -0.4 is 0 Å². The lowest BCUT2D eigenvalue weighted by molar-refractivity contribution is 0.0525. The van der Waals surface area contributed by atoms with Crippen LogP contribution in [0.2, 0.25) is 0 Å². The summed E-state index contributed by atoms with van der Waals surface area (Å²) in [4.78, 5) is 23.6. The first-order valence-electron chi connectivity index (χ1n) is 6.48. The molecule has 1 aromatic carbocycles. The standard InChI is InChI=1S/C15H20O4/c1-5-18-14(16)12-7-11(10(3)4)8-13(9-12)15(17)19-6-2/h7-10H,5-6H2,1-4H3. The van der Waals surface area contributed by atoms with Crippen molar-refractivity contribution >= 4 is 11.9 Å². The van der Waals surface area contributed by atoms with Crippen molar-refractivity contribution in [3.63, 3.8) is 0 Å². The molecule has 0 atom stereocenters. The van der Waals surface area contributed by atoms with Gasteiger partial charge in [-0.25, -0.2) is 9.59 Å². The molecular formula is C15H20O4. The topological polar surface area (TPSA) is 52.6 Å². The smallest absolute Gasteiger partial charge is 0.338 e. The molecule has 0 unspecified atom stereocenters. The summed E-state index contributed by atoms with van der Waals surface area (Å²) in [5.41, 5.74) is 1.68. The number of rotatable bonds is 5. The Kier molecular flexibility index (Phi) is 5.55. The van der Waals surface area contributed by atoms with E-state index >= 15 is 0 Å². The van der Waals surface area contributed by atoms with Gasteiger partial charge in [0.15, 0.2) is 0 Å². The van der Waals surface area contributed by atoms with Gasteiger partial charge in [0.05, 0.1) is 24.3 Å². The maximum atomic E-state index is 11.8. The molecule has 0 amide bonds. The molecule has 0 aliphatic rings. The molecule has 0 fully saturated rings. The molecule has 0 heterocycles. The zero-order valence-electron chi connectivity index (χ0n) is 11.9. The molecule has 0 aromatic heterocycles. The van der Waals surface area contributed by atoms with E-state index in [0.29, 0.717) is 24.3 Å². The summed E-state index contributed by atoms with van der Waals surface area (Å²) in [7, 11) is 0. The molecule has 1 rings (SSSR count). The van der Waals surface area contributed by atoms with Gasteiger partial charge in [-0.15, -0.1) is 0 Å². The minimum atomic E-state index is -0.421. The van der Waals surface area contributed by atoms with Gasteiger partial charge >= 0.3 is 11.9 Å². The zero-order chi connectivity index (χ0) is 14.4. The van der Waals surface area contributed by atoms with E-state index in [9.17, 15) is 9.59 Å². The van der Waals surface area contributed by atoms with E-state index in [0.717, 1.165) is 5.56 Å². The van der Waals surface area contributed by atoms with Crippen LogP contribution in [-0.4, -0.2) is 25.2 Å². The van der Waals surface area contributed by atoms with Crippen molar-refractivity contribution in [3.05, 3.63) is 34.9 Å². The van der Waals surface area contributed by atoms with Gasteiger partial charge in [-0.3, -0.25) is 0 Å². The average molecular weight is 264 g/mol. The molecule has 0 bridgehead atoms. The van der Waals surface area contributed by atoms with Crippen molar-refractivity contribution in [2.75, 3.05) is 13.2 Å². The Morgan fingerprint density at radius 1 is 0.947 bits per heavy atom. The minimum absolute atomic E-state index is 0.211. The Balaban J connectivity index is 3.17. The summed E-state index contributed by atoms with van der Waals surface area (Å²) in [6.45, 7) is 8.10. The minimum Gasteiger partial charge on any atom is -0.462 e. The number of carbonyl (C=O) groups excluding carboxylic acids is 2. The number of hydrogen-bond donors (Lipinski definition) is 0. The molecule has 4 heteroatoms. The molecule has 4 nitrogen and oxygen atoms in total. The zero-order valence-corrected chi connectivity index (χ0v) is 11.9. The lowest BCUT2D eigenvalue weighted by atomic mass is 9.97. The van der Waals surface area contributed by atoms with Crippen molar-refractivity contribution in [1.82, 2.24) is 0 Å². The monoisotopic (exact) mass is 264 g/mol. The number of benzene rings is 1. The van der Waals surface area contributed by atoms with Crippen LogP contribution in [0, 0.1) is 0 Å². The highest BCUT2D eigenvalue weighted by atomic mass is 16.5. The summed E-state index contributed by atoms with van der Waals surface area (Å²) in [5, 5.41) is 0. The second kappa shape index (κ2) is 6.92. The molecule has 0 saturated carbocycles. The van der Waals surface area contributed by atoms with Gasteiger partial charge in [0, 0.05) is 0 Å². The second-order valence-corrected chi connectivity index (χ2v) is 4.44. The van der Waals surface area contributed by atoms with E-state index in [1.165, 1.54) is 6.07 Å². The molecule has 0 aliphatic heterocycles. The van der Waals surface area contributed by atoms with Crippen LogP contribution in [0.25, 0.3) is 0 Å². The fraction of sp³-hybridized carbons (Fsp3) is 0.467. The van der Waals surface area contributed by atoms with Crippen LogP contribution >= 0.6 is 0 Å². The fourth-order valence-electron chi connectivity index (χ4n) is 1.65. The molecule has 0 aliphatic carbocycles. The van der Waals surface area contributed by atoms with Gasteiger partial charge in [0.1, 0.15) is 0 Å². The van der Waals surface area contributed by atoms with E-state index in [1.54, 1.807) is 26.0 Å². The third kappa shape index (κ3) is 4.09. The number of hydrogen-bond acceptors (Lipinski definition) is 4. The van der Waals surface area contributed by atoms with Crippen LogP contribution in [0.1, 0.15) is 59.9 Å².